The zero-order valence-electron chi connectivity index (χ0n) is 6.48. The second kappa shape index (κ2) is 2.63. The molecular formula is C8H6F3NO. The lowest BCUT2D eigenvalue weighted by molar-refractivity contribution is 0.311. The van der Waals surface area contributed by atoms with Gasteiger partial charge in [-0.05, 0) is 6.07 Å². The van der Waals surface area contributed by atoms with E-state index in [0.717, 1.165) is 6.07 Å². The molecule has 0 aliphatic carbocycles. The minimum atomic E-state index is -1.52. The predicted octanol–water partition coefficient (Wildman–Crippen LogP) is 1.50. The average molecular weight is 189 g/mol. The zero-order chi connectivity index (χ0) is 9.59. The molecule has 0 saturated heterocycles. The molecule has 1 heterocycles. The summed E-state index contributed by atoms with van der Waals surface area (Å²) in [6, 6.07) is 0.283. The standard InChI is InChI=1S/C8H6F3NO/c9-4-1-3-5(12)2-13-8(3)7(11)6(4)10/h1,5H,2,12H2. The van der Waals surface area contributed by atoms with Gasteiger partial charge in [-0.15, -0.1) is 0 Å². The summed E-state index contributed by atoms with van der Waals surface area (Å²) in [7, 11) is 0. The normalized spacial score (nSPS) is 19.8. The van der Waals surface area contributed by atoms with Crippen LogP contribution in [0.1, 0.15) is 11.6 Å². The number of rotatable bonds is 0. The summed E-state index contributed by atoms with van der Waals surface area (Å²) in [5.41, 5.74) is 5.63. The maximum absolute atomic E-state index is 12.9. The molecule has 0 amide bonds. The Morgan fingerprint density at radius 2 is 2.00 bits per heavy atom. The van der Waals surface area contributed by atoms with Gasteiger partial charge in [0.05, 0.1) is 6.04 Å². The Morgan fingerprint density at radius 3 is 2.69 bits per heavy atom. The number of nitrogens with two attached hydrogens (primary N) is 1. The van der Waals surface area contributed by atoms with E-state index in [9.17, 15) is 13.2 Å². The van der Waals surface area contributed by atoms with Crippen molar-refractivity contribution in [1.82, 2.24) is 0 Å². The highest BCUT2D eigenvalue weighted by molar-refractivity contribution is 5.41. The van der Waals surface area contributed by atoms with E-state index in [1.807, 2.05) is 0 Å². The molecule has 0 bridgehead atoms. The quantitative estimate of drug-likeness (QED) is 0.627. The fraction of sp³-hybridized carbons (Fsp3) is 0.250. The lowest BCUT2D eigenvalue weighted by Gasteiger charge is -2.02. The van der Waals surface area contributed by atoms with Crippen LogP contribution in [-0.2, 0) is 0 Å². The van der Waals surface area contributed by atoms with E-state index in [1.165, 1.54) is 0 Å². The Morgan fingerprint density at radius 1 is 1.31 bits per heavy atom. The summed E-state index contributed by atoms with van der Waals surface area (Å²) in [4.78, 5) is 0. The molecule has 13 heavy (non-hydrogen) atoms. The largest absolute Gasteiger partial charge is 0.488 e. The van der Waals surface area contributed by atoms with Gasteiger partial charge in [-0.1, -0.05) is 0 Å². The minimum absolute atomic E-state index is 0.0507. The van der Waals surface area contributed by atoms with Crippen molar-refractivity contribution in [2.45, 2.75) is 6.04 Å². The number of halogens is 3. The van der Waals surface area contributed by atoms with Crippen molar-refractivity contribution in [2.24, 2.45) is 5.73 Å². The Labute approximate surface area is 72.1 Å². The number of benzene rings is 1. The van der Waals surface area contributed by atoms with Crippen LogP contribution in [0.3, 0.4) is 0 Å². The molecule has 0 aromatic heterocycles. The molecule has 0 fully saturated rings. The SMILES string of the molecule is NC1COc2c1cc(F)c(F)c2F. The van der Waals surface area contributed by atoms with Gasteiger partial charge in [-0.25, -0.2) is 8.78 Å². The molecule has 1 atom stereocenters. The van der Waals surface area contributed by atoms with E-state index in [1.54, 1.807) is 0 Å². The van der Waals surface area contributed by atoms with E-state index in [-0.39, 0.29) is 17.9 Å². The summed E-state index contributed by atoms with van der Waals surface area (Å²) in [6.45, 7) is 0.0507. The number of ether oxygens (including phenoxy) is 1. The van der Waals surface area contributed by atoms with Crippen LogP contribution in [-0.4, -0.2) is 6.61 Å². The number of hydrogen-bond acceptors (Lipinski definition) is 2. The van der Waals surface area contributed by atoms with E-state index < -0.39 is 23.5 Å². The van der Waals surface area contributed by atoms with Crippen molar-refractivity contribution in [2.75, 3.05) is 6.61 Å². The molecule has 0 saturated carbocycles. The van der Waals surface area contributed by atoms with E-state index in [2.05, 4.69) is 0 Å². The molecule has 2 rings (SSSR count). The van der Waals surface area contributed by atoms with Gasteiger partial charge in [0.2, 0.25) is 5.82 Å². The first-order chi connectivity index (χ1) is 6.11. The molecule has 2 N–H and O–H groups in total. The zero-order valence-corrected chi connectivity index (χ0v) is 6.48. The van der Waals surface area contributed by atoms with Crippen LogP contribution in [0.2, 0.25) is 0 Å². The molecule has 1 aromatic rings. The van der Waals surface area contributed by atoms with Crippen LogP contribution in [0, 0.1) is 17.5 Å². The highest BCUT2D eigenvalue weighted by Crippen LogP contribution is 2.35. The van der Waals surface area contributed by atoms with Crippen molar-refractivity contribution in [3.05, 3.63) is 29.1 Å². The van der Waals surface area contributed by atoms with Gasteiger partial charge in [-0.2, -0.15) is 4.39 Å². The summed E-state index contributed by atoms with van der Waals surface area (Å²) < 4.78 is 43.0. The lowest BCUT2D eigenvalue weighted by atomic mass is 10.1. The van der Waals surface area contributed by atoms with Crippen LogP contribution in [0.25, 0.3) is 0 Å². The Bertz CT molecular complexity index is 367. The van der Waals surface area contributed by atoms with Crippen LogP contribution < -0.4 is 10.5 Å². The highest BCUT2D eigenvalue weighted by atomic mass is 19.2. The summed E-state index contributed by atoms with van der Waals surface area (Å²) in [6.07, 6.45) is 0. The molecule has 0 spiro atoms. The smallest absolute Gasteiger partial charge is 0.204 e. The molecule has 2 nitrogen and oxygen atoms in total. The van der Waals surface area contributed by atoms with Crippen molar-refractivity contribution in [3.63, 3.8) is 0 Å². The van der Waals surface area contributed by atoms with Crippen LogP contribution in [0.5, 0.6) is 5.75 Å². The fourth-order valence-corrected chi connectivity index (χ4v) is 1.28. The van der Waals surface area contributed by atoms with Crippen molar-refractivity contribution >= 4 is 0 Å². The topological polar surface area (TPSA) is 35.2 Å². The third kappa shape index (κ3) is 1.07. The maximum atomic E-state index is 12.9. The Balaban J connectivity index is 2.67. The van der Waals surface area contributed by atoms with Gasteiger partial charge >= 0.3 is 0 Å². The molecular weight excluding hydrogens is 183 g/mol. The molecule has 1 aliphatic rings. The first-order valence-electron chi connectivity index (χ1n) is 3.67. The third-order valence-electron chi connectivity index (χ3n) is 1.95. The Hall–Kier alpha value is -1.23. The molecule has 0 radical (unpaired) electrons. The fourth-order valence-electron chi connectivity index (χ4n) is 1.28. The van der Waals surface area contributed by atoms with E-state index >= 15 is 0 Å². The monoisotopic (exact) mass is 189 g/mol. The van der Waals surface area contributed by atoms with Gasteiger partial charge in [0, 0.05) is 5.56 Å². The van der Waals surface area contributed by atoms with Gasteiger partial charge in [-0.3, -0.25) is 0 Å². The first-order valence-corrected chi connectivity index (χ1v) is 3.67. The molecule has 1 aromatic carbocycles. The maximum Gasteiger partial charge on any atom is 0.204 e. The molecule has 1 aliphatic heterocycles. The van der Waals surface area contributed by atoms with Crippen LogP contribution in [0.15, 0.2) is 6.07 Å². The third-order valence-corrected chi connectivity index (χ3v) is 1.95. The highest BCUT2D eigenvalue weighted by Gasteiger charge is 2.28. The number of hydrogen-bond donors (Lipinski definition) is 1. The summed E-state index contributed by atoms with van der Waals surface area (Å²) in [5.74, 6) is -4.33. The van der Waals surface area contributed by atoms with Crippen molar-refractivity contribution < 1.29 is 17.9 Å². The molecule has 1 unspecified atom stereocenters. The second-order valence-corrected chi connectivity index (χ2v) is 2.82. The molecule has 70 valence electrons. The summed E-state index contributed by atoms with van der Waals surface area (Å²) >= 11 is 0. The van der Waals surface area contributed by atoms with Crippen molar-refractivity contribution in [1.29, 1.82) is 0 Å². The Kier molecular flexibility index (Phi) is 1.69. The minimum Gasteiger partial charge on any atom is -0.488 e. The van der Waals surface area contributed by atoms with Gasteiger partial charge in [0.1, 0.15) is 6.61 Å². The lowest BCUT2D eigenvalue weighted by Crippen LogP contribution is -2.10. The van der Waals surface area contributed by atoms with Gasteiger partial charge in [0.15, 0.2) is 17.4 Å². The van der Waals surface area contributed by atoms with Gasteiger partial charge < -0.3 is 10.5 Å². The average Bonchev–Trinajstić information content (AvgIpc) is 2.45. The van der Waals surface area contributed by atoms with Crippen LogP contribution in [0.4, 0.5) is 13.2 Å². The number of fused-ring (bicyclic) bond motifs is 1. The van der Waals surface area contributed by atoms with Crippen LogP contribution >= 0.6 is 0 Å². The van der Waals surface area contributed by atoms with Gasteiger partial charge in [0.25, 0.3) is 0 Å². The summed E-state index contributed by atoms with van der Waals surface area (Å²) in [5, 5.41) is 0. The molecule has 5 heteroatoms. The van der Waals surface area contributed by atoms with E-state index in [4.69, 9.17) is 10.5 Å². The van der Waals surface area contributed by atoms with E-state index in [0.29, 0.717) is 0 Å². The first kappa shape index (κ1) is 8.37. The second-order valence-electron chi connectivity index (χ2n) is 2.82. The predicted molar refractivity (Wildman–Crippen MR) is 38.7 cm³/mol. The van der Waals surface area contributed by atoms with Crippen molar-refractivity contribution in [3.8, 4) is 5.75 Å².